The summed E-state index contributed by atoms with van der Waals surface area (Å²) in [4.78, 5) is 7.75. The molecule has 10 rings (SSSR count). The molecule has 0 amide bonds. The van der Waals surface area contributed by atoms with E-state index in [1.807, 2.05) is 0 Å². The van der Waals surface area contributed by atoms with Crippen molar-refractivity contribution in [1.29, 1.82) is 0 Å². The third-order valence-corrected chi connectivity index (χ3v) is 15.2. The molecule has 3 heterocycles. The van der Waals surface area contributed by atoms with Crippen molar-refractivity contribution < 1.29 is 0 Å². The molecular weight excluding hydrogens is 799 g/mol. The predicted octanol–water partition coefficient (Wildman–Crippen LogP) is 17.3. The van der Waals surface area contributed by atoms with E-state index in [0.29, 0.717) is 0 Å². The first-order valence-corrected chi connectivity index (χ1v) is 24.0. The average molecular weight is 862 g/mol. The fourth-order valence-electron chi connectivity index (χ4n) is 11.2. The highest BCUT2D eigenvalue weighted by Gasteiger charge is 2.45. The second-order valence-electron chi connectivity index (χ2n) is 19.8. The molecular formula is C63H63N3. The van der Waals surface area contributed by atoms with Crippen molar-refractivity contribution in [3.63, 3.8) is 0 Å². The molecule has 0 spiro atoms. The van der Waals surface area contributed by atoms with Crippen LogP contribution in [0, 0.1) is 27.7 Å². The van der Waals surface area contributed by atoms with Crippen LogP contribution in [0.25, 0.3) is 21.5 Å². The highest BCUT2D eigenvalue weighted by atomic mass is 15.2. The first-order valence-electron chi connectivity index (χ1n) is 24.0. The summed E-state index contributed by atoms with van der Waals surface area (Å²) in [5.41, 5.74) is 21.2. The van der Waals surface area contributed by atoms with Gasteiger partial charge in [-0.2, -0.15) is 0 Å². The van der Waals surface area contributed by atoms with E-state index in [0.717, 1.165) is 30.6 Å². The van der Waals surface area contributed by atoms with E-state index < -0.39 is 0 Å². The van der Waals surface area contributed by atoms with Crippen LogP contribution in [0.15, 0.2) is 198 Å². The van der Waals surface area contributed by atoms with Gasteiger partial charge in [0, 0.05) is 56.4 Å². The Morgan fingerprint density at radius 1 is 0.530 bits per heavy atom. The maximum Gasteiger partial charge on any atom is 0.0537 e. The molecule has 7 aromatic rings. The van der Waals surface area contributed by atoms with Crippen LogP contribution < -0.4 is 14.7 Å². The molecule has 330 valence electrons. The van der Waals surface area contributed by atoms with Crippen LogP contribution in [0.1, 0.15) is 94.2 Å². The van der Waals surface area contributed by atoms with Gasteiger partial charge in [0.1, 0.15) is 0 Å². The van der Waals surface area contributed by atoms with Crippen molar-refractivity contribution in [2.75, 3.05) is 14.7 Å². The normalized spacial score (nSPS) is 18.5. The Kier molecular flexibility index (Phi) is 10.8. The molecule has 0 unspecified atom stereocenters. The third-order valence-electron chi connectivity index (χ3n) is 15.2. The summed E-state index contributed by atoms with van der Waals surface area (Å²) in [7, 11) is 0. The van der Waals surface area contributed by atoms with Gasteiger partial charge < -0.3 is 14.7 Å². The molecule has 0 saturated carbocycles. The van der Waals surface area contributed by atoms with E-state index in [2.05, 4.69) is 248 Å². The van der Waals surface area contributed by atoms with Crippen LogP contribution in [0.4, 0.5) is 28.4 Å². The lowest BCUT2D eigenvalue weighted by molar-refractivity contribution is 0.569. The fraction of sp³-hybridized carbons (Fsp3) is 0.238. The second kappa shape index (κ2) is 16.5. The van der Waals surface area contributed by atoms with Gasteiger partial charge in [-0.1, -0.05) is 144 Å². The van der Waals surface area contributed by atoms with E-state index in [9.17, 15) is 0 Å². The number of hydrogen-bond acceptors (Lipinski definition) is 3. The summed E-state index contributed by atoms with van der Waals surface area (Å²) in [5.74, 6) is 0. The van der Waals surface area contributed by atoms with Crippen LogP contribution in [-0.4, -0.2) is 0 Å². The zero-order valence-electron chi connectivity index (χ0n) is 40.6. The minimum Gasteiger partial charge on any atom is -0.317 e. The van der Waals surface area contributed by atoms with Crippen LogP contribution in [0.5, 0.6) is 0 Å². The number of fused-ring (bicyclic) bond motifs is 2. The number of rotatable bonds is 7. The zero-order chi connectivity index (χ0) is 46.1. The van der Waals surface area contributed by atoms with Gasteiger partial charge in [-0.15, -0.1) is 0 Å². The average Bonchev–Trinajstić information content (AvgIpc) is 3.32. The maximum absolute atomic E-state index is 2.66. The van der Waals surface area contributed by atoms with Crippen molar-refractivity contribution in [2.45, 2.75) is 99.3 Å². The molecule has 0 atom stereocenters. The number of hydrogen-bond donors (Lipinski definition) is 0. The van der Waals surface area contributed by atoms with Gasteiger partial charge in [0.05, 0.1) is 5.69 Å². The Bertz CT molecular complexity index is 3250. The largest absolute Gasteiger partial charge is 0.317 e. The van der Waals surface area contributed by atoms with Crippen molar-refractivity contribution in [3.8, 4) is 0 Å². The Morgan fingerprint density at radius 2 is 1.05 bits per heavy atom. The van der Waals surface area contributed by atoms with Crippen LogP contribution >= 0.6 is 0 Å². The first-order chi connectivity index (χ1) is 31.8. The lowest BCUT2D eigenvalue weighted by Crippen LogP contribution is -2.42. The molecule has 3 bridgehead atoms. The SMILES string of the molecule is CCC1=C2/C=C(/N(c3ccc4ccccc4c3)c3cccc(C)c3C)CC/C=C/C(N(c3ccc4ccccc4c3)c3cccc(C)c3C)=C\C3=C(C)N1c1c(cccc1C2(C)C)C3(C)C. The van der Waals surface area contributed by atoms with Crippen LogP contribution in [-0.2, 0) is 10.8 Å². The predicted molar refractivity (Wildman–Crippen MR) is 284 cm³/mol. The second-order valence-corrected chi connectivity index (χ2v) is 19.8. The molecule has 0 radical (unpaired) electrons. The molecule has 3 heteroatoms. The monoisotopic (exact) mass is 862 g/mol. The number of anilines is 5. The summed E-state index contributed by atoms with van der Waals surface area (Å²) in [6.45, 7) is 23.6. The van der Waals surface area contributed by atoms with E-state index in [-0.39, 0.29) is 10.8 Å². The number of para-hydroxylation sites is 1. The van der Waals surface area contributed by atoms with Gasteiger partial charge in [-0.25, -0.2) is 0 Å². The number of benzene rings is 7. The van der Waals surface area contributed by atoms with Crippen molar-refractivity contribution in [3.05, 3.63) is 231 Å². The minimum absolute atomic E-state index is 0.268. The molecule has 0 saturated heterocycles. The molecule has 0 fully saturated rings. The van der Waals surface area contributed by atoms with Crippen molar-refractivity contribution >= 4 is 50.0 Å². The Morgan fingerprint density at radius 3 is 1.62 bits per heavy atom. The van der Waals surface area contributed by atoms with Gasteiger partial charge in [0.2, 0.25) is 0 Å². The Balaban J connectivity index is 1.28. The van der Waals surface area contributed by atoms with E-state index in [1.165, 1.54) is 106 Å². The van der Waals surface area contributed by atoms with Gasteiger partial charge in [0.25, 0.3) is 0 Å². The zero-order valence-corrected chi connectivity index (χ0v) is 40.6. The maximum atomic E-state index is 2.66. The van der Waals surface area contributed by atoms with Gasteiger partial charge in [-0.05, 0) is 175 Å². The van der Waals surface area contributed by atoms with Gasteiger partial charge in [-0.3, -0.25) is 0 Å². The first kappa shape index (κ1) is 43.1. The topological polar surface area (TPSA) is 9.72 Å². The van der Waals surface area contributed by atoms with Gasteiger partial charge >= 0.3 is 0 Å². The summed E-state index contributed by atoms with van der Waals surface area (Å²) < 4.78 is 0. The molecule has 3 aliphatic heterocycles. The number of allylic oxidation sites excluding steroid dienone is 9. The van der Waals surface area contributed by atoms with Gasteiger partial charge in [0.15, 0.2) is 0 Å². The molecule has 7 aromatic carbocycles. The van der Waals surface area contributed by atoms with E-state index in [4.69, 9.17) is 0 Å². The highest BCUT2D eigenvalue weighted by molar-refractivity contribution is 5.90. The van der Waals surface area contributed by atoms with E-state index >= 15 is 0 Å². The standard InChI is InChI=1S/C63H63N3/c1-11-58-57-40-51(66(60-32-19-22-42(3)44(60)5)53-36-34-47-24-13-15-26-49(47)38-53)28-17-16-27-50(39-56-45(6)64(58)61-54(62(56,7)8)29-20-30-55(61)63(57,9)10)65(59-31-18-21-41(2)43(59)4)52-35-33-46-23-12-14-25-48(46)37-52/h12-16,18-27,29-40H,11,17,28H2,1-10H3/b27-16+,50-39+,51-40+. The Hall–Kier alpha value is -6.84. The minimum atomic E-state index is -0.287. The quantitative estimate of drug-likeness (QED) is 0.158. The molecule has 3 aliphatic rings. The molecule has 3 nitrogen and oxygen atoms in total. The van der Waals surface area contributed by atoms with Crippen LogP contribution in [0.3, 0.4) is 0 Å². The van der Waals surface area contributed by atoms with E-state index in [1.54, 1.807) is 0 Å². The molecule has 66 heavy (non-hydrogen) atoms. The summed E-state index contributed by atoms with van der Waals surface area (Å²) >= 11 is 0. The number of aryl methyl sites for hydroxylation is 2. The molecule has 0 N–H and O–H groups in total. The third kappa shape index (κ3) is 7.03. The lowest BCUT2D eigenvalue weighted by atomic mass is 9.65. The molecule has 0 aliphatic carbocycles. The Labute approximate surface area is 393 Å². The summed E-state index contributed by atoms with van der Waals surface area (Å²) in [5, 5.41) is 4.95. The van der Waals surface area contributed by atoms with Crippen molar-refractivity contribution in [2.24, 2.45) is 0 Å². The number of nitrogens with zero attached hydrogens (tertiary/aromatic N) is 3. The highest BCUT2D eigenvalue weighted by Crippen LogP contribution is 2.57. The van der Waals surface area contributed by atoms with Crippen LogP contribution in [0.2, 0.25) is 0 Å². The summed E-state index contributed by atoms with van der Waals surface area (Å²) in [6, 6.07) is 52.0. The smallest absolute Gasteiger partial charge is 0.0537 e. The molecule has 0 aromatic heterocycles. The summed E-state index contributed by atoms with van der Waals surface area (Å²) in [6.07, 6.45) is 12.5. The lowest BCUT2D eigenvalue weighted by Gasteiger charge is -2.50. The fourth-order valence-corrected chi connectivity index (χ4v) is 11.2. The van der Waals surface area contributed by atoms with Crippen molar-refractivity contribution in [1.82, 2.24) is 0 Å².